The molecule has 0 spiro atoms. The molecule has 2 aromatic rings. The number of benzene rings is 1. The van der Waals surface area contributed by atoms with Crippen LogP contribution in [-0.2, 0) is 0 Å². The zero-order chi connectivity index (χ0) is 20.7. The Kier molecular flexibility index (Phi) is 4.14. The average Bonchev–Trinajstić information content (AvgIpc) is 3.30. The van der Waals surface area contributed by atoms with Crippen LogP contribution in [0.4, 0.5) is 0 Å². The fourth-order valence-electron chi connectivity index (χ4n) is 8.65. The number of fused-ring (bicyclic) bond motifs is 6. The number of hydrogen-bond donors (Lipinski definition) is 1. The quantitative estimate of drug-likeness (QED) is 0.560. The summed E-state index contributed by atoms with van der Waals surface area (Å²) in [5, 5.41) is 12.8. The molecule has 2 nitrogen and oxygen atoms in total. The number of hydrogen-bond acceptors (Lipinski definition) is 1. The van der Waals surface area contributed by atoms with Crippen LogP contribution in [0.2, 0.25) is 0 Å². The second-order valence-corrected chi connectivity index (χ2v) is 11.7. The Morgan fingerprint density at radius 1 is 1.00 bits per heavy atom. The van der Waals surface area contributed by atoms with Crippen molar-refractivity contribution in [3.05, 3.63) is 42.6 Å². The van der Waals surface area contributed by atoms with Gasteiger partial charge in [0.25, 0.3) is 0 Å². The van der Waals surface area contributed by atoms with Crippen molar-refractivity contribution in [2.24, 2.45) is 40.4 Å². The molecule has 1 N–H and O–H groups in total. The first-order valence-corrected chi connectivity index (χ1v) is 12.4. The fourth-order valence-corrected chi connectivity index (χ4v) is 8.65. The minimum Gasteiger partial charge on any atom is -0.393 e. The smallest absolute Gasteiger partial charge is 0.0577 e. The number of allylic oxidation sites excluding steroid dienone is 2. The Balaban J connectivity index is 1.36. The molecule has 4 aliphatic carbocycles. The van der Waals surface area contributed by atoms with E-state index in [0.717, 1.165) is 24.7 Å². The minimum atomic E-state index is -0.114. The molecule has 1 heterocycles. The highest BCUT2D eigenvalue weighted by molar-refractivity contribution is 5.84. The van der Waals surface area contributed by atoms with Crippen LogP contribution in [0, 0.1) is 40.4 Å². The predicted molar refractivity (Wildman–Crippen MR) is 124 cm³/mol. The Morgan fingerprint density at radius 2 is 1.83 bits per heavy atom. The van der Waals surface area contributed by atoms with Gasteiger partial charge in [-0.1, -0.05) is 51.5 Å². The third-order valence-electron chi connectivity index (χ3n) is 10.3. The molecule has 8 atom stereocenters. The molecular formula is C28H37NO. The van der Waals surface area contributed by atoms with Crippen LogP contribution in [0.1, 0.15) is 65.7 Å². The molecule has 3 fully saturated rings. The summed E-state index contributed by atoms with van der Waals surface area (Å²) in [6.07, 6.45) is 13.5. The van der Waals surface area contributed by atoms with Crippen molar-refractivity contribution in [1.82, 2.24) is 4.57 Å². The summed E-state index contributed by atoms with van der Waals surface area (Å²) in [5.41, 5.74) is 3.43. The lowest BCUT2D eigenvalue weighted by Gasteiger charge is -2.62. The van der Waals surface area contributed by atoms with Crippen LogP contribution in [0.15, 0.2) is 42.6 Å². The van der Waals surface area contributed by atoms with Gasteiger partial charge in [-0.3, -0.25) is 0 Å². The van der Waals surface area contributed by atoms with Crippen LogP contribution in [0.5, 0.6) is 0 Å². The second kappa shape index (κ2) is 6.48. The molecule has 0 aliphatic heterocycles. The van der Waals surface area contributed by atoms with Gasteiger partial charge in [-0.05, 0) is 91.0 Å². The van der Waals surface area contributed by atoms with Gasteiger partial charge in [0.15, 0.2) is 0 Å². The topological polar surface area (TPSA) is 25.2 Å². The summed E-state index contributed by atoms with van der Waals surface area (Å²) in [7, 11) is 0. The maximum Gasteiger partial charge on any atom is 0.0577 e. The van der Waals surface area contributed by atoms with Gasteiger partial charge in [0.2, 0.25) is 0 Å². The van der Waals surface area contributed by atoms with Crippen molar-refractivity contribution in [1.29, 1.82) is 0 Å². The van der Waals surface area contributed by atoms with Gasteiger partial charge >= 0.3 is 0 Å². The average molecular weight is 404 g/mol. The van der Waals surface area contributed by atoms with E-state index in [2.05, 4.69) is 67.9 Å². The molecule has 0 bridgehead atoms. The zero-order valence-corrected chi connectivity index (χ0v) is 18.8. The van der Waals surface area contributed by atoms with E-state index in [1.54, 1.807) is 0 Å². The first-order valence-electron chi connectivity index (χ1n) is 12.4. The SMILES string of the molecule is C[C@H]1CC[C@]2(C)C3CC[C@]4(C)C(n5ccc6ccccc65)=CCC4C3C(O)C[C@@H]2C1. The monoisotopic (exact) mass is 403 g/mol. The Bertz CT molecular complexity index is 1000. The van der Waals surface area contributed by atoms with Crippen LogP contribution >= 0.6 is 0 Å². The van der Waals surface area contributed by atoms with Crippen molar-refractivity contribution >= 4 is 16.6 Å². The summed E-state index contributed by atoms with van der Waals surface area (Å²) < 4.78 is 2.46. The number of nitrogens with zero attached hydrogens (tertiary/aromatic N) is 1. The number of aliphatic hydroxyl groups is 1. The Hall–Kier alpha value is -1.54. The molecule has 0 saturated heterocycles. The van der Waals surface area contributed by atoms with Gasteiger partial charge in [0.1, 0.15) is 0 Å². The molecular weight excluding hydrogens is 366 g/mol. The molecule has 4 aliphatic rings. The number of aliphatic hydroxyl groups excluding tert-OH is 1. The molecule has 1 aromatic carbocycles. The lowest BCUT2D eigenvalue weighted by atomic mass is 9.44. The van der Waals surface area contributed by atoms with E-state index >= 15 is 0 Å². The zero-order valence-electron chi connectivity index (χ0n) is 18.8. The molecule has 2 heteroatoms. The highest BCUT2D eigenvalue weighted by atomic mass is 16.3. The van der Waals surface area contributed by atoms with E-state index < -0.39 is 0 Å². The van der Waals surface area contributed by atoms with Crippen LogP contribution in [0.3, 0.4) is 0 Å². The molecule has 6 rings (SSSR count). The van der Waals surface area contributed by atoms with Crippen molar-refractivity contribution < 1.29 is 5.11 Å². The van der Waals surface area contributed by atoms with Gasteiger partial charge in [-0.25, -0.2) is 0 Å². The fraction of sp³-hybridized carbons (Fsp3) is 0.643. The minimum absolute atomic E-state index is 0.114. The summed E-state index contributed by atoms with van der Waals surface area (Å²) in [5.74, 6) is 3.31. The first kappa shape index (κ1) is 19.2. The molecule has 0 radical (unpaired) electrons. The third-order valence-corrected chi connectivity index (χ3v) is 10.3. The van der Waals surface area contributed by atoms with Crippen LogP contribution < -0.4 is 0 Å². The van der Waals surface area contributed by atoms with Crippen molar-refractivity contribution in [3.8, 4) is 0 Å². The van der Waals surface area contributed by atoms with Crippen molar-refractivity contribution in [2.45, 2.75) is 71.8 Å². The number of aromatic nitrogens is 1. The largest absolute Gasteiger partial charge is 0.393 e. The van der Waals surface area contributed by atoms with Crippen molar-refractivity contribution in [3.63, 3.8) is 0 Å². The molecule has 0 amide bonds. The summed E-state index contributed by atoms with van der Waals surface area (Å²) >= 11 is 0. The lowest BCUT2D eigenvalue weighted by molar-refractivity contribution is -0.157. The number of para-hydroxylation sites is 1. The van der Waals surface area contributed by atoms with Gasteiger partial charge in [0, 0.05) is 17.3 Å². The normalized spacial score (nSPS) is 45.5. The van der Waals surface area contributed by atoms with Crippen LogP contribution in [-0.4, -0.2) is 15.8 Å². The maximum atomic E-state index is 11.5. The number of rotatable bonds is 1. The van der Waals surface area contributed by atoms with E-state index in [9.17, 15) is 5.11 Å². The Labute approximate surface area is 181 Å². The Morgan fingerprint density at radius 3 is 2.70 bits per heavy atom. The van der Waals surface area contributed by atoms with E-state index in [4.69, 9.17) is 0 Å². The summed E-state index contributed by atoms with van der Waals surface area (Å²) in [6.45, 7) is 7.52. The van der Waals surface area contributed by atoms with E-state index in [1.807, 2.05) is 0 Å². The molecule has 4 unspecified atom stereocenters. The van der Waals surface area contributed by atoms with Gasteiger partial charge in [-0.15, -0.1) is 0 Å². The molecule has 3 saturated carbocycles. The molecule has 30 heavy (non-hydrogen) atoms. The first-order chi connectivity index (χ1) is 14.4. The third kappa shape index (κ3) is 2.46. The maximum absolute atomic E-state index is 11.5. The highest BCUT2D eigenvalue weighted by Gasteiger charge is 2.61. The van der Waals surface area contributed by atoms with E-state index in [1.165, 1.54) is 48.7 Å². The summed E-state index contributed by atoms with van der Waals surface area (Å²) in [4.78, 5) is 0. The standard InChI is InChI=1S/C28H37NO/c1-18-10-13-27(2)20(16-18)17-24(30)26-21-8-9-25(28(21,3)14-11-22(26)27)29-15-12-19-6-4-5-7-23(19)29/h4-7,9,12,15,18,20-22,24,26,30H,8,10-11,13-14,16-17H2,1-3H3/t18-,20-,21?,22?,24?,26?,27-,28-/m0/s1. The molecule has 1 aromatic heterocycles. The van der Waals surface area contributed by atoms with E-state index in [-0.39, 0.29) is 11.5 Å². The van der Waals surface area contributed by atoms with Gasteiger partial charge in [-0.2, -0.15) is 0 Å². The van der Waals surface area contributed by atoms with Crippen molar-refractivity contribution in [2.75, 3.05) is 0 Å². The lowest BCUT2D eigenvalue weighted by Crippen LogP contribution is -2.57. The van der Waals surface area contributed by atoms with Crippen LogP contribution in [0.25, 0.3) is 16.6 Å². The van der Waals surface area contributed by atoms with E-state index in [0.29, 0.717) is 23.2 Å². The highest BCUT2D eigenvalue weighted by Crippen LogP contribution is 2.67. The second-order valence-electron chi connectivity index (χ2n) is 11.7. The predicted octanol–water partition coefficient (Wildman–Crippen LogP) is 6.74. The summed E-state index contributed by atoms with van der Waals surface area (Å²) in [6, 6.07) is 11.0. The van der Waals surface area contributed by atoms with Gasteiger partial charge < -0.3 is 9.67 Å². The molecule has 160 valence electrons. The van der Waals surface area contributed by atoms with Gasteiger partial charge in [0.05, 0.1) is 11.6 Å².